The molecule has 0 aromatic rings. The molecule has 1 aliphatic heterocycles. The fraction of sp³-hybridized carbons (Fsp3) is 0. The van der Waals surface area contributed by atoms with Crippen molar-refractivity contribution in [2.75, 3.05) is 0 Å². The van der Waals surface area contributed by atoms with Crippen molar-refractivity contribution in [2.24, 2.45) is 0 Å². The zero-order valence-corrected chi connectivity index (χ0v) is 6.07. The summed E-state index contributed by atoms with van der Waals surface area (Å²) in [6, 6.07) is 0. The first kappa shape index (κ1) is 8.12. The van der Waals surface area contributed by atoms with Crippen molar-refractivity contribution in [1.82, 2.24) is 16.0 Å². The van der Waals surface area contributed by atoms with E-state index in [2.05, 4.69) is 16.0 Å². The van der Waals surface area contributed by atoms with E-state index in [-0.39, 0.29) is 17.5 Å². The first-order valence-electron chi connectivity index (χ1n) is 3.14. The number of aliphatic hydroxyl groups excluding tert-OH is 3. The predicted octanol–water partition coefficient (Wildman–Crippen LogP) is -0.161. The average Bonchev–Trinajstić information content (AvgIpc) is 2.16. The molecule has 0 spiro atoms. The fourth-order valence-electron chi connectivity index (χ4n) is 0.723. The van der Waals surface area contributed by atoms with Crippen LogP contribution in [0.4, 0.5) is 0 Å². The van der Waals surface area contributed by atoms with Gasteiger partial charge in [0.05, 0.1) is 0 Å². The van der Waals surface area contributed by atoms with Crippen LogP contribution in [0.15, 0.2) is 36.2 Å². The molecular weight excluding hydrogens is 162 g/mol. The Balaban J connectivity index is 2.79. The molecule has 6 N–H and O–H groups in total. The molecule has 1 saturated heterocycles. The second-order valence-electron chi connectivity index (χ2n) is 2.00. The molecule has 0 radical (unpaired) electrons. The van der Waals surface area contributed by atoms with Gasteiger partial charge in [0, 0.05) is 0 Å². The third-order valence-electron chi connectivity index (χ3n) is 1.20. The quantitative estimate of drug-likeness (QED) is 0.283. The largest absolute Gasteiger partial charge is 0.512 e. The molecule has 0 aromatic heterocycles. The van der Waals surface area contributed by atoms with E-state index in [4.69, 9.17) is 15.3 Å². The molecule has 12 heavy (non-hydrogen) atoms. The first-order valence-corrected chi connectivity index (χ1v) is 3.14. The molecule has 0 aliphatic carbocycles. The molecular formula is C6H9N3O3. The lowest BCUT2D eigenvalue weighted by atomic mass is 10.5. The molecule has 1 aliphatic rings. The van der Waals surface area contributed by atoms with E-state index >= 15 is 0 Å². The summed E-state index contributed by atoms with van der Waals surface area (Å²) in [4.78, 5) is 0. The van der Waals surface area contributed by atoms with Crippen LogP contribution in [0, 0.1) is 0 Å². The third kappa shape index (κ3) is 1.54. The Morgan fingerprint density at radius 3 is 1.08 bits per heavy atom. The summed E-state index contributed by atoms with van der Waals surface area (Å²) in [6.07, 6.45) is 2.31. The number of hydrogen-bond acceptors (Lipinski definition) is 6. The minimum absolute atomic E-state index is 0.245. The SMILES string of the molecule is OC=C1NC(=CO)NC(=CO)N1. The highest BCUT2D eigenvalue weighted by Crippen LogP contribution is 2.00. The lowest BCUT2D eigenvalue weighted by Gasteiger charge is -2.23. The standard InChI is InChI=1S/C6H9N3O3/c10-1-4-7-5(2-11)9-6(3-12)8-4/h1-3,7-12H. The van der Waals surface area contributed by atoms with Crippen molar-refractivity contribution in [3.8, 4) is 0 Å². The Morgan fingerprint density at radius 1 is 0.667 bits per heavy atom. The van der Waals surface area contributed by atoms with Crippen molar-refractivity contribution in [1.29, 1.82) is 0 Å². The van der Waals surface area contributed by atoms with E-state index in [1.807, 2.05) is 0 Å². The Bertz CT molecular complexity index is 202. The van der Waals surface area contributed by atoms with E-state index in [1.165, 1.54) is 0 Å². The molecule has 0 atom stereocenters. The highest BCUT2D eigenvalue weighted by molar-refractivity contribution is 5.19. The Kier molecular flexibility index (Phi) is 2.32. The maximum atomic E-state index is 8.59. The molecule has 0 saturated carbocycles. The molecule has 1 fully saturated rings. The topological polar surface area (TPSA) is 96.8 Å². The molecule has 1 heterocycles. The minimum Gasteiger partial charge on any atom is -0.512 e. The van der Waals surface area contributed by atoms with Gasteiger partial charge in [-0.3, -0.25) is 0 Å². The van der Waals surface area contributed by atoms with Crippen molar-refractivity contribution in [2.45, 2.75) is 0 Å². The van der Waals surface area contributed by atoms with Gasteiger partial charge in [0.1, 0.15) is 36.2 Å². The van der Waals surface area contributed by atoms with Crippen LogP contribution < -0.4 is 16.0 Å². The highest BCUT2D eigenvalue weighted by atomic mass is 16.3. The van der Waals surface area contributed by atoms with Gasteiger partial charge in [-0.05, 0) is 0 Å². The number of hydrogen-bond donors (Lipinski definition) is 6. The maximum Gasteiger partial charge on any atom is 0.145 e. The van der Waals surface area contributed by atoms with E-state index in [0.717, 1.165) is 18.8 Å². The summed E-state index contributed by atoms with van der Waals surface area (Å²) in [5, 5.41) is 33.5. The van der Waals surface area contributed by atoms with E-state index in [0.29, 0.717) is 0 Å². The normalized spacial score (nSPS) is 15.5. The summed E-state index contributed by atoms with van der Waals surface area (Å²) >= 11 is 0. The Hall–Kier alpha value is -1.98. The predicted molar refractivity (Wildman–Crippen MR) is 41.5 cm³/mol. The number of aliphatic hydroxyl groups is 3. The molecule has 0 bridgehead atoms. The summed E-state index contributed by atoms with van der Waals surface area (Å²) < 4.78 is 0. The van der Waals surface area contributed by atoms with Crippen LogP contribution in [-0.2, 0) is 0 Å². The van der Waals surface area contributed by atoms with Crippen LogP contribution in [0.3, 0.4) is 0 Å². The molecule has 0 amide bonds. The van der Waals surface area contributed by atoms with Gasteiger partial charge in [0.2, 0.25) is 0 Å². The van der Waals surface area contributed by atoms with Crippen LogP contribution in [0.25, 0.3) is 0 Å². The smallest absolute Gasteiger partial charge is 0.145 e. The number of nitrogens with one attached hydrogen (secondary N) is 3. The van der Waals surface area contributed by atoms with Crippen LogP contribution in [0.5, 0.6) is 0 Å². The van der Waals surface area contributed by atoms with Gasteiger partial charge in [-0.25, -0.2) is 0 Å². The third-order valence-corrected chi connectivity index (χ3v) is 1.20. The molecule has 6 nitrogen and oxygen atoms in total. The second kappa shape index (κ2) is 3.42. The van der Waals surface area contributed by atoms with E-state index in [1.54, 1.807) is 0 Å². The van der Waals surface area contributed by atoms with Gasteiger partial charge in [-0.2, -0.15) is 0 Å². The fourth-order valence-corrected chi connectivity index (χ4v) is 0.723. The Labute approximate surface area is 68.5 Å². The maximum absolute atomic E-state index is 8.59. The zero-order valence-electron chi connectivity index (χ0n) is 6.07. The summed E-state index contributed by atoms with van der Waals surface area (Å²) in [5.74, 6) is 0.734. The molecule has 0 aromatic carbocycles. The van der Waals surface area contributed by atoms with Crippen LogP contribution in [0.1, 0.15) is 0 Å². The van der Waals surface area contributed by atoms with Crippen LogP contribution in [-0.4, -0.2) is 15.3 Å². The van der Waals surface area contributed by atoms with Gasteiger partial charge in [0.25, 0.3) is 0 Å². The highest BCUT2D eigenvalue weighted by Gasteiger charge is 2.11. The van der Waals surface area contributed by atoms with E-state index in [9.17, 15) is 0 Å². The average molecular weight is 171 g/mol. The Morgan fingerprint density at radius 2 is 0.917 bits per heavy atom. The van der Waals surface area contributed by atoms with Gasteiger partial charge in [0.15, 0.2) is 0 Å². The zero-order chi connectivity index (χ0) is 8.97. The van der Waals surface area contributed by atoms with Crippen molar-refractivity contribution < 1.29 is 15.3 Å². The van der Waals surface area contributed by atoms with E-state index < -0.39 is 0 Å². The summed E-state index contributed by atoms with van der Waals surface area (Å²) in [5.41, 5.74) is 0. The molecule has 1 rings (SSSR count). The van der Waals surface area contributed by atoms with Crippen molar-refractivity contribution in [3.05, 3.63) is 36.2 Å². The lowest BCUT2D eigenvalue weighted by molar-refractivity contribution is 0.421. The lowest BCUT2D eigenvalue weighted by Crippen LogP contribution is -2.42. The van der Waals surface area contributed by atoms with Gasteiger partial charge in [-0.1, -0.05) is 0 Å². The minimum atomic E-state index is 0.245. The van der Waals surface area contributed by atoms with Gasteiger partial charge < -0.3 is 31.3 Å². The van der Waals surface area contributed by atoms with Crippen molar-refractivity contribution >= 4 is 0 Å². The summed E-state index contributed by atoms with van der Waals surface area (Å²) in [7, 11) is 0. The second-order valence-corrected chi connectivity index (χ2v) is 2.00. The number of rotatable bonds is 0. The van der Waals surface area contributed by atoms with Crippen LogP contribution >= 0.6 is 0 Å². The molecule has 0 unspecified atom stereocenters. The first-order chi connectivity index (χ1) is 5.80. The van der Waals surface area contributed by atoms with Crippen LogP contribution in [0.2, 0.25) is 0 Å². The van der Waals surface area contributed by atoms with Gasteiger partial charge in [-0.15, -0.1) is 0 Å². The summed E-state index contributed by atoms with van der Waals surface area (Å²) in [6.45, 7) is 0. The van der Waals surface area contributed by atoms with Crippen molar-refractivity contribution in [3.63, 3.8) is 0 Å². The monoisotopic (exact) mass is 171 g/mol. The molecule has 6 heteroatoms. The molecule has 66 valence electrons. The van der Waals surface area contributed by atoms with Gasteiger partial charge >= 0.3 is 0 Å².